The molecule has 0 atom stereocenters. The average Bonchev–Trinajstić information content (AvgIpc) is 1.12. The van der Waals surface area contributed by atoms with Crippen LogP contribution in [0.15, 0.2) is 0 Å². The maximum atomic E-state index is 3.51. The molecule has 0 aliphatic carbocycles. The van der Waals surface area contributed by atoms with Crippen molar-refractivity contribution in [2.24, 2.45) is 0 Å². The monoisotopic (exact) mass is 304 g/mol. The molecule has 0 heterocycles. The van der Waals surface area contributed by atoms with Crippen molar-refractivity contribution in [1.29, 1.82) is 0 Å². The second-order valence-electron chi connectivity index (χ2n) is 4.13. The summed E-state index contributed by atoms with van der Waals surface area (Å²) in [6, 6.07) is 0. The number of rotatable bonds is 0. The predicted octanol–water partition coefficient (Wildman–Crippen LogP) is 4.43. The molecule has 0 fully saturated rings. The lowest BCUT2D eigenvalue weighted by Gasteiger charge is -1.98. The fraction of sp³-hybridized carbons (Fsp3) is 1.00. The minimum atomic E-state index is -0.799. The Morgan fingerprint density at radius 2 is 0.600 bits per heavy atom. The fourth-order valence-corrected chi connectivity index (χ4v) is 0. The molecular formula is C6H18Br2Si2. The van der Waals surface area contributed by atoms with Gasteiger partial charge in [-0.05, 0) is 0 Å². The minimum absolute atomic E-state index is 0.799. The Morgan fingerprint density at radius 3 is 0.600 bits per heavy atom. The summed E-state index contributed by atoms with van der Waals surface area (Å²) in [5, 5.41) is 0. The number of hydrogen-bond donors (Lipinski definition) is 0. The van der Waals surface area contributed by atoms with Crippen LogP contribution in [0.25, 0.3) is 0 Å². The summed E-state index contributed by atoms with van der Waals surface area (Å²) in [6.45, 7) is 11.9. The first-order valence-corrected chi connectivity index (χ1v) is 14.9. The van der Waals surface area contributed by atoms with Gasteiger partial charge < -0.3 is 0 Å². The van der Waals surface area contributed by atoms with Gasteiger partial charge in [-0.2, -0.15) is 0 Å². The predicted molar refractivity (Wildman–Crippen MR) is 64.5 cm³/mol. The van der Waals surface area contributed by atoms with Gasteiger partial charge in [0.05, 0.1) is 0 Å². The van der Waals surface area contributed by atoms with E-state index >= 15 is 0 Å². The molecule has 0 rings (SSSR count). The second kappa shape index (κ2) is 5.11. The summed E-state index contributed by atoms with van der Waals surface area (Å²) in [6.07, 6.45) is 0. The Morgan fingerprint density at radius 1 is 0.600 bits per heavy atom. The third-order valence-electron chi connectivity index (χ3n) is 0. The Kier molecular flexibility index (Phi) is 7.13. The summed E-state index contributed by atoms with van der Waals surface area (Å²) < 4.78 is 0. The van der Waals surface area contributed by atoms with Crippen molar-refractivity contribution in [3.63, 3.8) is 0 Å². The molecule has 0 bridgehead atoms. The summed E-state index contributed by atoms with van der Waals surface area (Å²) in [5.41, 5.74) is 0. The Bertz CT molecular complexity index is 56.7. The summed E-state index contributed by atoms with van der Waals surface area (Å²) in [7, 11) is 0. The van der Waals surface area contributed by atoms with Gasteiger partial charge >= 0.3 is 0 Å². The van der Waals surface area contributed by atoms with E-state index in [1.165, 1.54) is 0 Å². The number of hydrogen-bond acceptors (Lipinski definition) is 0. The van der Waals surface area contributed by atoms with Crippen molar-refractivity contribution in [1.82, 2.24) is 0 Å². The van der Waals surface area contributed by atoms with E-state index in [-0.39, 0.29) is 0 Å². The van der Waals surface area contributed by atoms with Crippen LogP contribution in [-0.4, -0.2) is 13.4 Å². The van der Waals surface area contributed by atoms with Gasteiger partial charge in [-0.15, -0.1) is 30.6 Å². The van der Waals surface area contributed by atoms with Crippen LogP contribution in [0.2, 0.25) is 39.3 Å². The lowest BCUT2D eigenvalue weighted by Crippen LogP contribution is -2.05. The molecule has 64 valence electrons. The third-order valence-corrected chi connectivity index (χ3v) is 0. The first-order chi connectivity index (χ1) is 4.00. The highest BCUT2D eigenvalue weighted by atomic mass is 79.9. The van der Waals surface area contributed by atoms with E-state index in [0.717, 1.165) is 0 Å². The average molecular weight is 306 g/mol. The van der Waals surface area contributed by atoms with E-state index in [0.29, 0.717) is 0 Å². The van der Waals surface area contributed by atoms with E-state index in [1.54, 1.807) is 0 Å². The topological polar surface area (TPSA) is 0 Å². The molecule has 0 radical (unpaired) electrons. The maximum Gasteiger partial charge on any atom is 0.121 e. The quantitative estimate of drug-likeness (QED) is 0.459. The fourth-order valence-electron chi connectivity index (χ4n) is 0. The first kappa shape index (κ1) is 13.9. The molecule has 0 spiro atoms. The molecule has 0 aromatic heterocycles. The highest BCUT2D eigenvalue weighted by molar-refractivity contribution is 9.26. The zero-order chi connectivity index (χ0) is 9.00. The van der Waals surface area contributed by atoms with Crippen LogP contribution in [0, 0.1) is 0 Å². The highest BCUT2D eigenvalue weighted by Crippen LogP contribution is 2.07. The molecule has 4 heteroatoms. The largest absolute Gasteiger partial charge is 0.127 e. The van der Waals surface area contributed by atoms with Crippen LogP contribution in [0.5, 0.6) is 0 Å². The van der Waals surface area contributed by atoms with E-state index < -0.39 is 13.4 Å². The van der Waals surface area contributed by atoms with Crippen LogP contribution in [0.1, 0.15) is 0 Å². The Hall–Kier alpha value is 1.39. The van der Waals surface area contributed by atoms with Crippen molar-refractivity contribution >= 4 is 44.0 Å². The highest BCUT2D eigenvalue weighted by Gasteiger charge is 2.03. The maximum absolute atomic E-state index is 3.51. The summed E-state index contributed by atoms with van der Waals surface area (Å²) in [4.78, 5) is 0. The molecule has 0 saturated heterocycles. The third kappa shape index (κ3) is 341. The van der Waals surface area contributed by atoms with Gasteiger partial charge in [0.2, 0.25) is 0 Å². The van der Waals surface area contributed by atoms with Crippen LogP contribution < -0.4 is 0 Å². The first-order valence-electron chi connectivity index (χ1n) is 3.38. The second-order valence-corrected chi connectivity index (χ2v) is 26.7. The molecule has 0 aromatic carbocycles. The van der Waals surface area contributed by atoms with Crippen molar-refractivity contribution in [2.75, 3.05) is 0 Å². The molecule has 0 nitrogen and oxygen atoms in total. The smallest absolute Gasteiger partial charge is 0.121 e. The van der Waals surface area contributed by atoms with Crippen LogP contribution >= 0.6 is 30.6 Å². The van der Waals surface area contributed by atoms with Crippen LogP contribution in [0.4, 0.5) is 0 Å². The van der Waals surface area contributed by atoms with Crippen molar-refractivity contribution in [3.8, 4) is 0 Å². The summed E-state index contributed by atoms with van der Waals surface area (Å²) in [5.74, 6) is 0. The Balaban J connectivity index is 0. The molecule has 10 heavy (non-hydrogen) atoms. The summed E-state index contributed by atoms with van der Waals surface area (Å²) >= 11 is 7.03. The van der Waals surface area contributed by atoms with E-state index in [1.807, 2.05) is 0 Å². The normalized spacial score (nSPS) is 12.0. The lowest BCUT2D eigenvalue weighted by molar-refractivity contribution is 1.89. The van der Waals surface area contributed by atoms with Crippen molar-refractivity contribution < 1.29 is 0 Å². The van der Waals surface area contributed by atoms with Crippen molar-refractivity contribution in [2.45, 2.75) is 39.3 Å². The van der Waals surface area contributed by atoms with Gasteiger partial charge in [0.25, 0.3) is 0 Å². The van der Waals surface area contributed by atoms with Gasteiger partial charge in [-0.3, -0.25) is 0 Å². The van der Waals surface area contributed by atoms with E-state index in [9.17, 15) is 0 Å². The number of halogens is 2. The molecule has 0 saturated carbocycles. The molecule has 0 aliphatic heterocycles. The van der Waals surface area contributed by atoms with Crippen LogP contribution in [0.3, 0.4) is 0 Å². The molecule has 0 amide bonds. The minimum Gasteiger partial charge on any atom is -0.127 e. The SMILES string of the molecule is C[Si](C)(C)Br.C[Si](C)(C)Br. The molecular weight excluding hydrogens is 288 g/mol. The molecule has 0 N–H and O–H groups in total. The van der Waals surface area contributed by atoms with Crippen molar-refractivity contribution in [3.05, 3.63) is 0 Å². The van der Waals surface area contributed by atoms with Crippen LogP contribution in [-0.2, 0) is 0 Å². The van der Waals surface area contributed by atoms with Gasteiger partial charge in [0, 0.05) is 0 Å². The standard InChI is InChI=1S/2C3H9BrSi/c2*1-5(2,3)4/h2*1-3H3. The zero-order valence-electron chi connectivity index (χ0n) is 7.76. The van der Waals surface area contributed by atoms with E-state index in [4.69, 9.17) is 0 Å². The zero-order valence-corrected chi connectivity index (χ0v) is 12.9. The lowest BCUT2D eigenvalue weighted by atomic mass is 11.8. The van der Waals surface area contributed by atoms with Gasteiger partial charge in [-0.1, -0.05) is 39.3 Å². The van der Waals surface area contributed by atoms with Gasteiger partial charge in [-0.25, -0.2) is 0 Å². The molecule has 0 aliphatic rings. The van der Waals surface area contributed by atoms with Gasteiger partial charge in [0.1, 0.15) is 13.4 Å². The Labute approximate surface area is 83.0 Å². The molecule has 0 unspecified atom stereocenters. The van der Waals surface area contributed by atoms with E-state index in [2.05, 4.69) is 69.9 Å². The van der Waals surface area contributed by atoms with Gasteiger partial charge in [0.15, 0.2) is 0 Å². The molecule has 0 aromatic rings.